The van der Waals surface area contributed by atoms with Crippen molar-refractivity contribution in [3.8, 4) is 0 Å². The molecule has 2 N–H and O–H groups in total. The van der Waals surface area contributed by atoms with E-state index in [1.54, 1.807) is 24.3 Å². The molecule has 0 unspecified atom stereocenters. The number of nitrogen functional groups attached to an aromatic ring is 1. The van der Waals surface area contributed by atoms with Crippen LogP contribution in [0.25, 0.3) is 0 Å². The second-order valence-corrected chi connectivity index (χ2v) is 3.76. The van der Waals surface area contributed by atoms with Crippen LogP contribution in [0.1, 0.15) is 5.56 Å². The molecule has 0 fully saturated rings. The van der Waals surface area contributed by atoms with Gasteiger partial charge in [-0.1, -0.05) is 18.2 Å². The third kappa shape index (κ3) is 6.66. The minimum Gasteiger partial charge on any atom is -0.463 e. The summed E-state index contributed by atoms with van der Waals surface area (Å²) in [5, 5.41) is 0. The van der Waals surface area contributed by atoms with Gasteiger partial charge in [0, 0.05) is 5.69 Å². The number of alkyl halides is 3. The largest absolute Gasteiger partial charge is 0.463 e. The Bertz CT molecular complexity index is 421. The lowest BCUT2D eigenvalue weighted by Crippen LogP contribution is -2.20. The van der Waals surface area contributed by atoms with Gasteiger partial charge in [-0.15, -0.1) is 0 Å². The summed E-state index contributed by atoms with van der Waals surface area (Å²) in [6, 6.07) is 6.78. The molecule has 0 aromatic heterocycles. The average Bonchev–Trinajstić information content (AvgIpc) is 2.30. The first kappa shape index (κ1) is 15.3. The van der Waals surface area contributed by atoms with Crippen molar-refractivity contribution in [2.75, 3.05) is 25.6 Å². The Kier molecular flexibility index (Phi) is 5.62. The van der Waals surface area contributed by atoms with E-state index in [-0.39, 0.29) is 19.6 Å². The number of esters is 1. The summed E-state index contributed by atoms with van der Waals surface area (Å²) < 4.78 is 44.2. The maximum Gasteiger partial charge on any atom is 0.411 e. The van der Waals surface area contributed by atoms with Crippen LogP contribution in [0.5, 0.6) is 0 Å². The number of halogens is 3. The number of anilines is 1. The molecule has 7 heteroatoms. The van der Waals surface area contributed by atoms with Crippen molar-refractivity contribution in [2.24, 2.45) is 0 Å². The smallest absolute Gasteiger partial charge is 0.411 e. The monoisotopic (exact) mass is 277 g/mol. The second-order valence-electron chi connectivity index (χ2n) is 3.76. The lowest BCUT2D eigenvalue weighted by molar-refractivity contribution is -0.177. The molecular formula is C12H14F3NO3. The van der Waals surface area contributed by atoms with Gasteiger partial charge < -0.3 is 15.2 Å². The van der Waals surface area contributed by atoms with Gasteiger partial charge in [0.25, 0.3) is 0 Å². The zero-order chi connectivity index (χ0) is 14.3. The Balaban J connectivity index is 2.20. The van der Waals surface area contributed by atoms with E-state index in [1.165, 1.54) is 0 Å². The molecule has 0 aliphatic heterocycles. The highest BCUT2D eigenvalue weighted by Gasteiger charge is 2.27. The third-order valence-corrected chi connectivity index (χ3v) is 2.15. The Morgan fingerprint density at radius 2 is 1.89 bits per heavy atom. The molecule has 106 valence electrons. The molecule has 0 aliphatic carbocycles. The number of carbonyl (C=O) groups excluding carboxylic acids is 1. The molecular weight excluding hydrogens is 263 g/mol. The number of rotatable bonds is 6. The highest BCUT2D eigenvalue weighted by atomic mass is 19.4. The van der Waals surface area contributed by atoms with E-state index in [0.717, 1.165) is 0 Å². The molecule has 0 aliphatic rings. The van der Waals surface area contributed by atoms with Gasteiger partial charge in [0.15, 0.2) is 0 Å². The molecule has 0 saturated carbocycles. The van der Waals surface area contributed by atoms with Crippen molar-refractivity contribution in [2.45, 2.75) is 12.6 Å². The molecule has 0 spiro atoms. The summed E-state index contributed by atoms with van der Waals surface area (Å²) >= 11 is 0. The van der Waals surface area contributed by atoms with Crippen LogP contribution in [0, 0.1) is 0 Å². The molecule has 1 aromatic rings. The molecule has 1 aromatic carbocycles. The predicted octanol–water partition coefficient (Wildman–Crippen LogP) is 1.93. The molecule has 0 radical (unpaired) electrons. The van der Waals surface area contributed by atoms with Gasteiger partial charge >= 0.3 is 12.1 Å². The maximum absolute atomic E-state index is 11.7. The first-order valence-electron chi connectivity index (χ1n) is 5.52. The Hall–Kier alpha value is -1.76. The lowest BCUT2D eigenvalue weighted by Gasteiger charge is -2.09. The fourth-order valence-corrected chi connectivity index (χ4v) is 1.30. The molecule has 0 amide bonds. The van der Waals surface area contributed by atoms with Gasteiger partial charge in [-0.2, -0.15) is 13.2 Å². The van der Waals surface area contributed by atoms with Crippen LogP contribution in [-0.2, 0) is 20.7 Å². The number of para-hydroxylation sites is 1. The van der Waals surface area contributed by atoms with Crippen LogP contribution >= 0.6 is 0 Å². The lowest BCUT2D eigenvalue weighted by atomic mass is 10.1. The van der Waals surface area contributed by atoms with Crippen molar-refractivity contribution < 1.29 is 27.4 Å². The summed E-state index contributed by atoms with van der Waals surface area (Å²) in [5.74, 6) is -0.562. The molecule has 0 bridgehead atoms. The maximum atomic E-state index is 11.7. The minimum atomic E-state index is -4.37. The molecule has 19 heavy (non-hydrogen) atoms. The van der Waals surface area contributed by atoms with Crippen molar-refractivity contribution in [1.82, 2.24) is 0 Å². The zero-order valence-electron chi connectivity index (χ0n) is 10.1. The average molecular weight is 277 g/mol. The molecule has 0 heterocycles. The molecule has 1 rings (SSSR count). The van der Waals surface area contributed by atoms with Crippen LogP contribution in [0.15, 0.2) is 24.3 Å². The van der Waals surface area contributed by atoms with E-state index >= 15 is 0 Å². The number of ether oxygens (including phenoxy) is 2. The standard InChI is InChI=1S/C12H14F3NO3/c13-12(14,15)8-18-5-6-19-11(17)7-9-3-1-2-4-10(9)16/h1-4H,5-8,16H2. The number of nitrogens with two attached hydrogens (primary N) is 1. The normalized spacial score (nSPS) is 11.3. The van der Waals surface area contributed by atoms with E-state index in [0.29, 0.717) is 11.3 Å². The summed E-state index contributed by atoms with van der Waals surface area (Å²) in [7, 11) is 0. The summed E-state index contributed by atoms with van der Waals surface area (Å²) in [4.78, 5) is 11.4. The summed E-state index contributed by atoms with van der Waals surface area (Å²) in [6.45, 7) is -1.87. The van der Waals surface area contributed by atoms with Crippen LogP contribution in [0.3, 0.4) is 0 Å². The van der Waals surface area contributed by atoms with Gasteiger partial charge in [0.2, 0.25) is 0 Å². The van der Waals surface area contributed by atoms with Gasteiger partial charge in [-0.3, -0.25) is 4.79 Å². The molecule has 0 atom stereocenters. The molecule has 4 nitrogen and oxygen atoms in total. The highest BCUT2D eigenvalue weighted by Crippen LogP contribution is 2.14. The van der Waals surface area contributed by atoms with Crippen LogP contribution in [0.2, 0.25) is 0 Å². The first-order valence-corrected chi connectivity index (χ1v) is 5.52. The SMILES string of the molecule is Nc1ccccc1CC(=O)OCCOCC(F)(F)F. The molecule has 0 saturated heterocycles. The first-order chi connectivity index (χ1) is 8.88. The fourth-order valence-electron chi connectivity index (χ4n) is 1.30. The minimum absolute atomic E-state index is 0.0219. The quantitative estimate of drug-likeness (QED) is 0.490. The highest BCUT2D eigenvalue weighted by molar-refractivity contribution is 5.74. The van der Waals surface area contributed by atoms with Crippen LogP contribution < -0.4 is 5.73 Å². The second kappa shape index (κ2) is 6.98. The predicted molar refractivity (Wildman–Crippen MR) is 62.4 cm³/mol. The van der Waals surface area contributed by atoms with Gasteiger partial charge in [-0.05, 0) is 11.6 Å². The summed E-state index contributed by atoms with van der Waals surface area (Å²) in [5.41, 5.74) is 6.72. The van der Waals surface area contributed by atoms with E-state index in [9.17, 15) is 18.0 Å². The van der Waals surface area contributed by atoms with Gasteiger partial charge in [-0.25, -0.2) is 0 Å². The number of hydrogen-bond donors (Lipinski definition) is 1. The van der Waals surface area contributed by atoms with E-state index < -0.39 is 18.8 Å². The van der Waals surface area contributed by atoms with E-state index in [1.807, 2.05) is 0 Å². The Morgan fingerprint density at radius 3 is 2.53 bits per heavy atom. The van der Waals surface area contributed by atoms with Crippen molar-refractivity contribution in [3.63, 3.8) is 0 Å². The van der Waals surface area contributed by atoms with Crippen molar-refractivity contribution in [1.29, 1.82) is 0 Å². The topological polar surface area (TPSA) is 61.6 Å². The van der Waals surface area contributed by atoms with E-state index in [4.69, 9.17) is 10.5 Å². The van der Waals surface area contributed by atoms with Gasteiger partial charge in [0.1, 0.15) is 13.2 Å². The van der Waals surface area contributed by atoms with Crippen molar-refractivity contribution in [3.05, 3.63) is 29.8 Å². The Morgan fingerprint density at radius 1 is 1.21 bits per heavy atom. The third-order valence-electron chi connectivity index (χ3n) is 2.15. The zero-order valence-corrected chi connectivity index (χ0v) is 10.1. The number of benzene rings is 1. The van der Waals surface area contributed by atoms with Crippen LogP contribution in [-0.4, -0.2) is 32.0 Å². The fraction of sp³-hybridized carbons (Fsp3) is 0.417. The summed E-state index contributed by atoms with van der Waals surface area (Å²) in [6.07, 6.45) is -4.39. The van der Waals surface area contributed by atoms with Crippen LogP contribution in [0.4, 0.5) is 18.9 Å². The van der Waals surface area contributed by atoms with E-state index in [2.05, 4.69) is 4.74 Å². The van der Waals surface area contributed by atoms with Gasteiger partial charge in [0.05, 0.1) is 13.0 Å². The van der Waals surface area contributed by atoms with Crippen molar-refractivity contribution >= 4 is 11.7 Å². The Labute approximate surface area is 108 Å². The number of carbonyl (C=O) groups is 1. The number of hydrogen-bond acceptors (Lipinski definition) is 4.